The fourth-order valence-electron chi connectivity index (χ4n) is 0.598. The van der Waals surface area contributed by atoms with Gasteiger partial charge in [0.05, 0.1) is 5.75 Å². The molecule has 0 aromatic carbocycles. The highest BCUT2D eigenvalue weighted by molar-refractivity contribution is 7.89. The summed E-state index contributed by atoms with van der Waals surface area (Å²) in [6.45, 7) is 3.70. The molecule has 11 heavy (non-hydrogen) atoms. The van der Waals surface area contributed by atoms with Crippen LogP contribution in [-0.2, 0) is 14.8 Å². The molecule has 0 aliphatic heterocycles. The van der Waals surface area contributed by atoms with Gasteiger partial charge in [-0.25, -0.2) is 13.1 Å². The molecule has 0 rings (SSSR count). The summed E-state index contributed by atoms with van der Waals surface area (Å²) >= 11 is 0. The summed E-state index contributed by atoms with van der Waals surface area (Å²) < 4.78 is 23.3. The average Bonchev–Trinajstić information content (AvgIpc) is 1.86. The molecule has 1 N–H and O–H groups in total. The fraction of sp³-hybridized carbons (Fsp3) is 0.833. The minimum atomic E-state index is -3.42. The lowest BCUT2D eigenvalue weighted by Gasteiger charge is -2.06. The Kier molecular flexibility index (Phi) is 4.10. The van der Waals surface area contributed by atoms with Crippen LogP contribution in [0.4, 0.5) is 0 Å². The highest BCUT2D eigenvalue weighted by Gasteiger charge is 2.12. The van der Waals surface area contributed by atoms with E-state index in [1.165, 1.54) is 0 Å². The van der Waals surface area contributed by atoms with Crippen LogP contribution in [0.3, 0.4) is 0 Å². The Bertz CT molecular complexity index is 210. The topological polar surface area (TPSA) is 63.2 Å². The lowest BCUT2D eigenvalue weighted by molar-refractivity contribution is 0.540. The van der Waals surface area contributed by atoms with E-state index in [1.807, 2.05) is 13.8 Å². The molecule has 0 fully saturated rings. The highest BCUT2D eigenvalue weighted by atomic mass is 32.2. The Balaban J connectivity index is 4.02. The Morgan fingerprint density at radius 2 is 2.09 bits per heavy atom. The number of sulfonamides is 1. The average molecular weight is 178 g/mol. The molecule has 0 aliphatic rings. The van der Waals surface area contributed by atoms with Crippen molar-refractivity contribution in [3.8, 4) is 0 Å². The van der Waals surface area contributed by atoms with Crippen LogP contribution in [0.1, 0.15) is 20.3 Å². The van der Waals surface area contributed by atoms with Gasteiger partial charge in [0.15, 0.2) is 0 Å². The van der Waals surface area contributed by atoms with Gasteiger partial charge in [0.25, 0.3) is 0 Å². The third kappa shape index (κ3) is 4.78. The van der Waals surface area contributed by atoms with E-state index in [1.54, 1.807) is 4.72 Å². The minimum absolute atomic E-state index is 0.0151. The number of carbonyl (C=O) groups excluding carboxylic acids is 1. The van der Waals surface area contributed by atoms with Crippen molar-refractivity contribution >= 4 is 16.4 Å². The summed E-state index contributed by atoms with van der Waals surface area (Å²) in [5.74, 6) is 0.0551. The molecular formula is C6H12NO3S. The molecule has 1 amide bonds. The van der Waals surface area contributed by atoms with Gasteiger partial charge in [0, 0.05) is 0 Å². The molecule has 65 valence electrons. The second-order valence-corrected chi connectivity index (χ2v) is 4.27. The van der Waals surface area contributed by atoms with Crippen LogP contribution in [0.5, 0.6) is 0 Å². The molecule has 1 atom stereocenters. The van der Waals surface area contributed by atoms with Gasteiger partial charge in [0.2, 0.25) is 10.0 Å². The third-order valence-electron chi connectivity index (χ3n) is 1.40. The van der Waals surface area contributed by atoms with Crippen LogP contribution in [0.15, 0.2) is 0 Å². The third-order valence-corrected chi connectivity index (χ3v) is 2.80. The van der Waals surface area contributed by atoms with E-state index in [4.69, 9.17) is 0 Å². The predicted octanol–water partition coefficient (Wildman–Crippen LogP) is 0.0191. The van der Waals surface area contributed by atoms with E-state index >= 15 is 0 Å². The van der Waals surface area contributed by atoms with Crippen molar-refractivity contribution in [1.29, 1.82) is 0 Å². The van der Waals surface area contributed by atoms with E-state index < -0.39 is 10.0 Å². The van der Waals surface area contributed by atoms with Gasteiger partial charge in [-0.2, -0.15) is 0 Å². The van der Waals surface area contributed by atoms with E-state index in [-0.39, 0.29) is 11.7 Å². The maximum atomic E-state index is 10.8. The smallest absolute Gasteiger partial charge is 0.263 e. The first-order chi connectivity index (χ1) is 5.02. The minimum Gasteiger partial charge on any atom is -0.263 e. The molecule has 4 nitrogen and oxygen atoms in total. The van der Waals surface area contributed by atoms with Crippen molar-refractivity contribution in [2.75, 3.05) is 5.75 Å². The summed E-state index contributed by atoms with van der Waals surface area (Å²) in [7, 11) is -3.42. The quantitative estimate of drug-likeness (QED) is 0.603. The maximum Gasteiger partial charge on any atom is 0.323 e. The molecule has 0 saturated heterocycles. The number of nitrogens with one attached hydrogen (secondary N) is 1. The summed E-state index contributed by atoms with van der Waals surface area (Å²) in [6, 6.07) is 0. The van der Waals surface area contributed by atoms with Crippen molar-refractivity contribution in [3.63, 3.8) is 0 Å². The van der Waals surface area contributed by atoms with E-state index in [0.29, 0.717) is 0 Å². The van der Waals surface area contributed by atoms with Gasteiger partial charge < -0.3 is 0 Å². The van der Waals surface area contributed by atoms with Crippen LogP contribution >= 0.6 is 0 Å². The van der Waals surface area contributed by atoms with Gasteiger partial charge in [-0.15, -0.1) is 0 Å². The van der Waals surface area contributed by atoms with Crippen molar-refractivity contribution < 1.29 is 13.2 Å². The molecule has 1 unspecified atom stereocenters. The number of amides is 1. The molecule has 0 aromatic rings. The molecule has 0 spiro atoms. The van der Waals surface area contributed by atoms with Crippen LogP contribution in [-0.4, -0.2) is 20.6 Å². The van der Waals surface area contributed by atoms with Gasteiger partial charge in [-0.3, -0.25) is 4.79 Å². The summed E-state index contributed by atoms with van der Waals surface area (Å²) in [6.07, 6.45) is 1.93. The first-order valence-corrected chi connectivity index (χ1v) is 5.03. The van der Waals surface area contributed by atoms with E-state index in [2.05, 4.69) is 0 Å². The Labute approximate surface area is 67.0 Å². The number of rotatable bonds is 5. The van der Waals surface area contributed by atoms with E-state index in [9.17, 15) is 13.2 Å². The largest absolute Gasteiger partial charge is 0.323 e. The monoisotopic (exact) mass is 178 g/mol. The highest BCUT2D eigenvalue weighted by Crippen LogP contribution is 2.02. The standard InChI is InChI=1S/C6H12NO3S/c1-3-6(2)4-11(9,10)7-5-8/h6H,3-4H2,1-2H3,(H,7,8). The van der Waals surface area contributed by atoms with E-state index in [0.717, 1.165) is 12.8 Å². The Morgan fingerprint density at radius 3 is 2.45 bits per heavy atom. The van der Waals surface area contributed by atoms with Gasteiger partial charge in [-0.1, -0.05) is 20.3 Å². The van der Waals surface area contributed by atoms with Crippen molar-refractivity contribution in [1.82, 2.24) is 4.72 Å². The van der Waals surface area contributed by atoms with Gasteiger partial charge in [0.1, 0.15) is 0 Å². The van der Waals surface area contributed by atoms with Crippen molar-refractivity contribution in [2.45, 2.75) is 20.3 Å². The zero-order valence-corrected chi connectivity index (χ0v) is 7.44. The fourth-order valence-corrected chi connectivity index (χ4v) is 1.79. The Morgan fingerprint density at radius 1 is 1.55 bits per heavy atom. The molecule has 0 bridgehead atoms. The molecule has 5 heteroatoms. The number of hydrogen-bond acceptors (Lipinski definition) is 3. The molecule has 1 radical (unpaired) electrons. The zero-order valence-electron chi connectivity index (χ0n) is 6.62. The van der Waals surface area contributed by atoms with Crippen molar-refractivity contribution in [2.24, 2.45) is 5.92 Å². The molecule has 0 aliphatic carbocycles. The van der Waals surface area contributed by atoms with Gasteiger partial charge >= 0.3 is 6.41 Å². The number of hydrogen-bond donors (Lipinski definition) is 1. The second kappa shape index (κ2) is 4.33. The summed E-state index contributed by atoms with van der Waals surface area (Å²) in [5, 5.41) is 0. The summed E-state index contributed by atoms with van der Waals surface area (Å²) in [4.78, 5) is 9.68. The summed E-state index contributed by atoms with van der Waals surface area (Å²) in [5.41, 5.74) is 0. The Hall–Kier alpha value is -0.580. The van der Waals surface area contributed by atoms with Crippen LogP contribution in [0.2, 0.25) is 0 Å². The van der Waals surface area contributed by atoms with Gasteiger partial charge in [-0.05, 0) is 5.92 Å². The zero-order chi connectivity index (χ0) is 8.91. The van der Waals surface area contributed by atoms with Crippen LogP contribution < -0.4 is 4.72 Å². The lowest BCUT2D eigenvalue weighted by Crippen LogP contribution is -2.27. The van der Waals surface area contributed by atoms with Crippen LogP contribution in [0.25, 0.3) is 0 Å². The van der Waals surface area contributed by atoms with Crippen LogP contribution in [0, 0.1) is 5.92 Å². The SMILES string of the molecule is CCC(C)CS(=O)(=O)N[C]=O. The first-order valence-electron chi connectivity index (χ1n) is 3.38. The predicted molar refractivity (Wildman–Crippen MR) is 42.1 cm³/mol. The molecular weight excluding hydrogens is 166 g/mol. The second-order valence-electron chi connectivity index (χ2n) is 2.50. The molecule has 0 heterocycles. The van der Waals surface area contributed by atoms with Crippen molar-refractivity contribution in [3.05, 3.63) is 0 Å². The normalized spacial score (nSPS) is 14.0. The molecule has 0 saturated carbocycles. The maximum absolute atomic E-state index is 10.8. The molecule has 0 aromatic heterocycles. The first kappa shape index (κ1) is 10.4. The lowest BCUT2D eigenvalue weighted by atomic mass is 10.2.